The van der Waals surface area contributed by atoms with Gasteiger partial charge in [-0.3, -0.25) is 9.69 Å². The molecule has 1 unspecified atom stereocenters. The van der Waals surface area contributed by atoms with E-state index in [4.69, 9.17) is 27.9 Å². The van der Waals surface area contributed by atoms with Crippen molar-refractivity contribution in [1.82, 2.24) is 10.2 Å². The van der Waals surface area contributed by atoms with Gasteiger partial charge in [0.2, 0.25) is 0 Å². The summed E-state index contributed by atoms with van der Waals surface area (Å²) in [4.78, 5) is 14.3. The van der Waals surface area contributed by atoms with Crippen LogP contribution in [0.5, 0.6) is 5.75 Å². The molecule has 0 aliphatic rings. The van der Waals surface area contributed by atoms with Gasteiger partial charge in [-0.2, -0.15) is 0 Å². The van der Waals surface area contributed by atoms with Crippen molar-refractivity contribution in [3.8, 4) is 5.75 Å². The van der Waals surface area contributed by atoms with Crippen LogP contribution < -0.4 is 10.1 Å². The van der Waals surface area contributed by atoms with E-state index in [-0.39, 0.29) is 5.91 Å². The van der Waals surface area contributed by atoms with E-state index in [1.54, 1.807) is 25.1 Å². The summed E-state index contributed by atoms with van der Waals surface area (Å²) in [5.41, 5.74) is 0. The number of nitrogens with zero attached hydrogens (tertiary/aromatic N) is 1. The van der Waals surface area contributed by atoms with Gasteiger partial charge < -0.3 is 10.1 Å². The Kier molecular flexibility index (Phi) is 8.01. The van der Waals surface area contributed by atoms with E-state index in [1.165, 1.54) is 0 Å². The topological polar surface area (TPSA) is 41.6 Å². The first-order chi connectivity index (χ1) is 10.4. The second kappa shape index (κ2) is 9.23. The summed E-state index contributed by atoms with van der Waals surface area (Å²) in [6.45, 7) is 10.4. The van der Waals surface area contributed by atoms with Gasteiger partial charge >= 0.3 is 0 Å². The standard InChI is InChI=1S/C16H24Cl2N2O2/c1-5-20(11(2)3)10-9-19-16(21)12(4)22-14-8-6-7-13(17)15(14)18/h6-8,11-12H,5,9-10H2,1-4H3,(H,19,21). The van der Waals surface area contributed by atoms with E-state index in [1.807, 2.05) is 0 Å². The van der Waals surface area contributed by atoms with Crippen LogP contribution in [-0.2, 0) is 4.79 Å². The zero-order valence-corrected chi connectivity index (χ0v) is 15.0. The maximum Gasteiger partial charge on any atom is 0.260 e. The molecule has 0 fully saturated rings. The highest BCUT2D eigenvalue weighted by molar-refractivity contribution is 6.42. The summed E-state index contributed by atoms with van der Waals surface area (Å²) in [5.74, 6) is 0.241. The first-order valence-corrected chi connectivity index (χ1v) is 8.24. The van der Waals surface area contributed by atoms with Crippen LogP contribution in [0, 0.1) is 0 Å². The maximum absolute atomic E-state index is 12.1. The Morgan fingerprint density at radius 3 is 2.59 bits per heavy atom. The number of hydrogen-bond acceptors (Lipinski definition) is 3. The molecule has 22 heavy (non-hydrogen) atoms. The van der Waals surface area contributed by atoms with Crippen molar-refractivity contribution in [2.45, 2.75) is 39.8 Å². The highest BCUT2D eigenvalue weighted by Gasteiger charge is 2.17. The van der Waals surface area contributed by atoms with E-state index in [0.717, 1.165) is 13.1 Å². The van der Waals surface area contributed by atoms with E-state index in [0.29, 0.717) is 28.4 Å². The Bertz CT molecular complexity index is 495. The number of ether oxygens (including phenoxy) is 1. The van der Waals surface area contributed by atoms with Crippen LogP contribution in [0.15, 0.2) is 18.2 Å². The zero-order valence-electron chi connectivity index (χ0n) is 13.5. The van der Waals surface area contributed by atoms with Gasteiger partial charge in [-0.05, 0) is 39.4 Å². The van der Waals surface area contributed by atoms with Gasteiger partial charge in [0.05, 0.1) is 5.02 Å². The summed E-state index contributed by atoms with van der Waals surface area (Å²) in [6.07, 6.45) is -0.634. The molecule has 1 aromatic carbocycles. The van der Waals surface area contributed by atoms with Gasteiger partial charge in [0.1, 0.15) is 10.8 Å². The number of benzene rings is 1. The molecule has 0 bridgehead atoms. The molecule has 1 rings (SSSR count). The lowest BCUT2D eigenvalue weighted by Crippen LogP contribution is -2.42. The quantitative estimate of drug-likeness (QED) is 0.781. The molecule has 1 atom stereocenters. The Morgan fingerprint density at radius 2 is 2.00 bits per heavy atom. The summed E-state index contributed by atoms with van der Waals surface area (Å²) < 4.78 is 5.58. The summed E-state index contributed by atoms with van der Waals surface area (Å²) in [5, 5.41) is 3.60. The largest absolute Gasteiger partial charge is 0.479 e. The number of hydrogen-bond donors (Lipinski definition) is 1. The van der Waals surface area contributed by atoms with Gasteiger partial charge in [-0.15, -0.1) is 0 Å². The van der Waals surface area contributed by atoms with Crippen molar-refractivity contribution >= 4 is 29.1 Å². The van der Waals surface area contributed by atoms with E-state index < -0.39 is 6.10 Å². The third kappa shape index (κ3) is 5.67. The van der Waals surface area contributed by atoms with Crippen LogP contribution in [0.3, 0.4) is 0 Å². The molecule has 0 saturated heterocycles. The van der Waals surface area contributed by atoms with Crippen LogP contribution in [0.2, 0.25) is 10.0 Å². The number of likely N-dealkylation sites (N-methyl/N-ethyl adjacent to an activating group) is 1. The van der Waals surface area contributed by atoms with Gasteiger partial charge in [0, 0.05) is 19.1 Å². The van der Waals surface area contributed by atoms with Crippen LogP contribution in [0.1, 0.15) is 27.7 Å². The maximum atomic E-state index is 12.1. The predicted octanol–water partition coefficient (Wildman–Crippen LogP) is 3.61. The number of amides is 1. The number of nitrogens with one attached hydrogen (secondary N) is 1. The predicted molar refractivity (Wildman–Crippen MR) is 91.9 cm³/mol. The van der Waals surface area contributed by atoms with Crippen LogP contribution in [0.4, 0.5) is 0 Å². The fraction of sp³-hybridized carbons (Fsp3) is 0.562. The third-order valence-electron chi connectivity index (χ3n) is 3.42. The van der Waals surface area contributed by atoms with E-state index in [9.17, 15) is 4.79 Å². The van der Waals surface area contributed by atoms with E-state index in [2.05, 4.69) is 31.0 Å². The summed E-state index contributed by atoms with van der Waals surface area (Å²) in [6, 6.07) is 5.55. The van der Waals surface area contributed by atoms with Gasteiger partial charge in [-0.25, -0.2) is 0 Å². The number of carbonyl (C=O) groups excluding carboxylic acids is 1. The van der Waals surface area contributed by atoms with Crippen molar-refractivity contribution in [1.29, 1.82) is 0 Å². The molecule has 6 heteroatoms. The highest BCUT2D eigenvalue weighted by Crippen LogP contribution is 2.32. The molecule has 0 saturated carbocycles. The third-order valence-corrected chi connectivity index (χ3v) is 4.23. The summed E-state index contributed by atoms with van der Waals surface area (Å²) >= 11 is 12.0. The highest BCUT2D eigenvalue weighted by atomic mass is 35.5. The molecule has 4 nitrogen and oxygen atoms in total. The molecule has 0 spiro atoms. The average molecular weight is 347 g/mol. The first kappa shape index (κ1) is 19.1. The van der Waals surface area contributed by atoms with Gasteiger partial charge in [0.15, 0.2) is 6.10 Å². The smallest absolute Gasteiger partial charge is 0.260 e. The normalized spacial score (nSPS) is 12.5. The second-order valence-corrected chi connectivity index (χ2v) is 6.11. The Balaban J connectivity index is 2.47. The number of halogens is 2. The lowest BCUT2D eigenvalue weighted by Gasteiger charge is -2.25. The number of carbonyl (C=O) groups is 1. The van der Waals surface area contributed by atoms with Crippen molar-refractivity contribution in [3.05, 3.63) is 28.2 Å². The molecule has 1 N–H and O–H groups in total. The van der Waals surface area contributed by atoms with Crippen molar-refractivity contribution < 1.29 is 9.53 Å². The molecule has 0 aromatic heterocycles. The number of rotatable bonds is 8. The SMILES string of the molecule is CCN(CCNC(=O)C(C)Oc1cccc(Cl)c1Cl)C(C)C. The van der Waals surface area contributed by atoms with E-state index >= 15 is 0 Å². The van der Waals surface area contributed by atoms with Gasteiger partial charge in [-0.1, -0.05) is 36.2 Å². The molecule has 1 aromatic rings. The second-order valence-electron chi connectivity index (χ2n) is 5.33. The minimum Gasteiger partial charge on any atom is -0.479 e. The van der Waals surface area contributed by atoms with Crippen molar-refractivity contribution in [3.63, 3.8) is 0 Å². The van der Waals surface area contributed by atoms with Crippen LogP contribution in [0.25, 0.3) is 0 Å². The molecule has 0 aliphatic carbocycles. The average Bonchev–Trinajstić information content (AvgIpc) is 2.47. The summed E-state index contributed by atoms with van der Waals surface area (Å²) in [7, 11) is 0. The molecule has 1 amide bonds. The minimum atomic E-state index is -0.634. The molecular weight excluding hydrogens is 323 g/mol. The lowest BCUT2D eigenvalue weighted by atomic mass is 10.3. The fourth-order valence-electron chi connectivity index (χ4n) is 2.07. The first-order valence-electron chi connectivity index (χ1n) is 7.49. The van der Waals surface area contributed by atoms with Crippen molar-refractivity contribution in [2.24, 2.45) is 0 Å². The fourth-order valence-corrected chi connectivity index (χ4v) is 2.40. The lowest BCUT2D eigenvalue weighted by molar-refractivity contribution is -0.127. The van der Waals surface area contributed by atoms with Crippen molar-refractivity contribution in [2.75, 3.05) is 19.6 Å². The molecule has 0 aliphatic heterocycles. The zero-order chi connectivity index (χ0) is 16.7. The molecule has 0 radical (unpaired) electrons. The van der Waals surface area contributed by atoms with Crippen LogP contribution in [-0.4, -0.2) is 42.6 Å². The Morgan fingerprint density at radius 1 is 1.32 bits per heavy atom. The molecular formula is C16H24Cl2N2O2. The minimum absolute atomic E-state index is 0.171. The molecule has 124 valence electrons. The van der Waals surface area contributed by atoms with Crippen LogP contribution >= 0.6 is 23.2 Å². The Hall–Kier alpha value is -0.970. The Labute approximate surface area is 142 Å². The molecule has 0 heterocycles. The van der Waals surface area contributed by atoms with Gasteiger partial charge in [0.25, 0.3) is 5.91 Å². The monoisotopic (exact) mass is 346 g/mol.